The molecule has 2 aromatic carbocycles. The van der Waals surface area contributed by atoms with Gasteiger partial charge in [0.05, 0.1) is 24.6 Å². The van der Waals surface area contributed by atoms with Gasteiger partial charge in [-0.3, -0.25) is 9.79 Å². The van der Waals surface area contributed by atoms with Gasteiger partial charge in [-0.25, -0.2) is 4.68 Å². The number of primary amides is 1. The fourth-order valence-electron chi connectivity index (χ4n) is 2.59. The molecule has 1 aromatic heterocycles. The number of amides is 1. The molecular formula is C20H20N4O3S. The SMILES string of the molecule is CCN=c1scc(-c2ccc(O)c(C(N)=O)c2)n1/N=C/c1cccc(OC)c1. The van der Waals surface area contributed by atoms with Crippen LogP contribution in [0.5, 0.6) is 11.5 Å². The van der Waals surface area contributed by atoms with Crippen LogP contribution in [-0.4, -0.2) is 35.6 Å². The van der Waals surface area contributed by atoms with Gasteiger partial charge in [-0.05, 0) is 42.8 Å². The summed E-state index contributed by atoms with van der Waals surface area (Å²) in [4.78, 5) is 16.8. The standard InChI is InChI=1S/C20H20N4O3S/c1-3-22-20-24(23-11-13-5-4-6-15(9-13)27-2)17(12-28-20)14-7-8-18(25)16(10-14)19(21)26/h4-12,25H,3H2,1-2H3,(H2,21,26)/b22-20?,23-11+. The molecule has 1 amide bonds. The smallest absolute Gasteiger partial charge is 0.252 e. The maximum atomic E-state index is 11.6. The number of methoxy groups -OCH3 is 1. The van der Waals surface area contributed by atoms with Gasteiger partial charge in [0.15, 0.2) is 0 Å². The van der Waals surface area contributed by atoms with Gasteiger partial charge in [0, 0.05) is 17.5 Å². The van der Waals surface area contributed by atoms with Crippen molar-refractivity contribution in [3.63, 3.8) is 0 Å². The molecule has 0 aliphatic carbocycles. The van der Waals surface area contributed by atoms with Crippen molar-refractivity contribution in [1.29, 1.82) is 0 Å². The summed E-state index contributed by atoms with van der Waals surface area (Å²) in [6, 6.07) is 12.2. The quantitative estimate of drug-likeness (QED) is 0.626. The number of benzene rings is 2. The molecule has 0 aliphatic heterocycles. The fourth-order valence-corrected chi connectivity index (χ4v) is 3.49. The summed E-state index contributed by atoms with van der Waals surface area (Å²) in [5, 5.41) is 16.3. The Kier molecular flexibility index (Phi) is 5.90. The first kappa shape index (κ1) is 19.4. The fraction of sp³-hybridized carbons (Fsp3) is 0.150. The Morgan fingerprint density at radius 2 is 2.14 bits per heavy atom. The van der Waals surface area contributed by atoms with Gasteiger partial charge >= 0.3 is 0 Å². The first-order chi connectivity index (χ1) is 13.5. The van der Waals surface area contributed by atoms with Crippen molar-refractivity contribution in [3.8, 4) is 22.8 Å². The highest BCUT2D eigenvalue weighted by atomic mass is 32.1. The zero-order chi connectivity index (χ0) is 20.1. The van der Waals surface area contributed by atoms with E-state index in [1.54, 1.807) is 30.1 Å². The van der Waals surface area contributed by atoms with Crippen molar-refractivity contribution in [2.45, 2.75) is 6.92 Å². The molecule has 0 spiro atoms. The van der Waals surface area contributed by atoms with Crippen LogP contribution in [0.2, 0.25) is 0 Å². The van der Waals surface area contributed by atoms with Crippen molar-refractivity contribution in [2.24, 2.45) is 15.8 Å². The number of rotatable bonds is 6. The summed E-state index contributed by atoms with van der Waals surface area (Å²) in [5.74, 6) is -0.113. The summed E-state index contributed by atoms with van der Waals surface area (Å²) in [6.45, 7) is 2.55. The first-order valence-electron chi connectivity index (χ1n) is 8.56. The monoisotopic (exact) mass is 396 g/mol. The number of nitrogens with zero attached hydrogens (tertiary/aromatic N) is 3. The number of hydrogen-bond acceptors (Lipinski definition) is 6. The first-order valence-corrected chi connectivity index (χ1v) is 9.44. The van der Waals surface area contributed by atoms with Crippen LogP contribution in [0.15, 0.2) is 57.9 Å². The molecule has 3 N–H and O–H groups in total. The third kappa shape index (κ3) is 4.12. The molecule has 0 bridgehead atoms. The van der Waals surface area contributed by atoms with Crippen LogP contribution in [0.1, 0.15) is 22.8 Å². The molecule has 144 valence electrons. The maximum Gasteiger partial charge on any atom is 0.252 e. The van der Waals surface area contributed by atoms with Gasteiger partial charge in [-0.1, -0.05) is 12.1 Å². The van der Waals surface area contributed by atoms with Gasteiger partial charge < -0.3 is 15.6 Å². The Labute approximate surface area is 166 Å². The minimum Gasteiger partial charge on any atom is -0.507 e. The summed E-state index contributed by atoms with van der Waals surface area (Å²) < 4.78 is 6.94. The lowest BCUT2D eigenvalue weighted by molar-refractivity contribution is 0.0998. The molecule has 0 saturated heterocycles. The average molecular weight is 396 g/mol. The van der Waals surface area contributed by atoms with Crippen molar-refractivity contribution < 1.29 is 14.6 Å². The normalized spacial score (nSPS) is 11.9. The summed E-state index contributed by atoms with van der Waals surface area (Å²) in [6.07, 6.45) is 1.71. The molecule has 0 radical (unpaired) electrons. The number of aromatic nitrogens is 1. The van der Waals surface area contributed by atoms with E-state index in [0.29, 0.717) is 16.9 Å². The molecule has 0 unspecified atom stereocenters. The van der Waals surface area contributed by atoms with Crippen LogP contribution >= 0.6 is 11.3 Å². The number of thiazole rings is 1. The van der Waals surface area contributed by atoms with Gasteiger partial charge in [-0.15, -0.1) is 11.3 Å². The van der Waals surface area contributed by atoms with E-state index in [1.807, 2.05) is 36.6 Å². The number of aromatic hydroxyl groups is 1. The zero-order valence-electron chi connectivity index (χ0n) is 15.5. The zero-order valence-corrected chi connectivity index (χ0v) is 16.3. The average Bonchev–Trinajstić information content (AvgIpc) is 3.09. The molecular weight excluding hydrogens is 376 g/mol. The van der Waals surface area contributed by atoms with E-state index >= 15 is 0 Å². The van der Waals surface area contributed by atoms with Crippen LogP contribution in [-0.2, 0) is 0 Å². The van der Waals surface area contributed by atoms with Crippen molar-refractivity contribution in [1.82, 2.24) is 4.68 Å². The largest absolute Gasteiger partial charge is 0.507 e. The van der Waals surface area contributed by atoms with E-state index in [0.717, 1.165) is 17.0 Å². The van der Waals surface area contributed by atoms with Crippen molar-refractivity contribution >= 4 is 23.5 Å². The molecule has 0 aliphatic rings. The van der Waals surface area contributed by atoms with Gasteiger partial charge in [0.2, 0.25) is 4.80 Å². The molecule has 8 heteroatoms. The molecule has 28 heavy (non-hydrogen) atoms. The van der Waals surface area contributed by atoms with Crippen molar-refractivity contribution in [3.05, 3.63) is 63.8 Å². The molecule has 3 rings (SSSR count). The number of carbonyl (C=O) groups is 1. The third-order valence-corrected chi connectivity index (χ3v) is 4.81. The van der Waals surface area contributed by atoms with E-state index < -0.39 is 5.91 Å². The maximum absolute atomic E-state index is 11.6. The van der Waals surface area contributed by atoms with E-state index in [1.165, 1.54) is 17.4 Å². The second-order valence-corrected chi connectivity index (χ2v) is 6.64. The van der Waals surface area contributed by atoms with E-state index in [-0.39, 0.29) is 11.3 Å². The topological polar surface area (TPSA) is 102 Å². The number of carbonyl (C=O) groups excluding carboxylic acids is 1. The minimum atomic E-state index is -0.695. The Bertz CT molecular complexity index is 1100. The molecule has 1 heterocycles. The van der Waals surface area contributed by atoms with Crippen LogP contribution in [0.3, 0.4) is 0 Å². The Morgan fingerprint density at radius 3 is 2.86 bits per heavy atom. The molecule has 0 fully saturated rings. The van der Waals surface area contributed by atoms with E-state index in [9.17, 15) is 9.90 Å². The van der Waals surface area contributed by atoms with Crippen LogP contribution in [0.4, 0.5) is 0 Å². The van der Waals surface area contributed by atoms with Crippen LogP contribution in [0.25, 0.3) is 11.3 Å². The van der Waals surface area contributed by atoms with E-state index in [2.05, 4.69) is 10.1 Å². The van der Waals surface area contributed by atoms with Gasteiger partial charge in [-0.2, -0.15) is 5.10 Å². The summed E-state index contributed by atoms with van der Waals surface area (Å²) in [5.41, 5.74) is 7.71. The second-order valence-electron chi connectivity index (χ2n) is 5.81. The lowest BCUT2D eigenvalue weighted by atomic mass is 10.1. The second kappa shape index (κ2) is 8.53. The van der Waals surface area contributed by atoms with Crippen LogP contribution in [0, 0.1) is 0 Å². The van der Waals surface area contributed by atoms with Crippen LogP contribution < -0.4 is 15.3 Å². The Balaban J connectivity index is 2.09. The molecule has 0 atom stereocenters. The number of hydrogen-bond donors (Lipinski definition) is 2. The predicted octanol–water partition coefficient (Wildman–Crippen LogP) is 2.83. The summed E-state index contributed by atoms with van der Waals surface area (Å²) >= 11 is 1.44. The Hall–Kier alpha value is -3.39. The number of nitrogens with two attached hydrogens (primary N) is 1. The van der Waals surface area contributed by atoms with Gasteiger partial charge in [0.1, 0.15) is 11.5 Å². The molecule has 7 nitrogen and oxygen atoms in total. The lowest BCUT2D eigenvalue weighted by Gasteiger charge is -2.07. The Morgan fingerprint density at radius 1 is 1.32 bits per heavy atom. The van der Waals surface area contributed by atoms with E-state index in [4.69, 9.17) is 10.5 Å². The lowest BCUT2D eigenvalue weighted by Crippen LogP contribution is -2.13. The highest BCUT2D eigenvalue weighted by Crippen LogP contribution is 2.26. The number of ether oxygens (including phenoxy) is 1. The van der Waals surface area contributed by atoms with Crippen molar-refractivity contribution in [2.75, 3.05) is 13.7 Å². The highest BCUT2D eigenvalue weighted by Gasteiger charge is 2.13. The molecule has 0 saturated carbocycles. The van der Waals surface area contributed by atoms with Gasteiger partial charge in [0.25, 0.3) is 5.91 Å². The minimum absolute atomic E-state index is 0.0565. The predicted molar refractivity (Wildman–Crippen MR) is 110 cm³/mol. The number of phenols is 1. The third-order valence-electron chi connectivity index (χ3n) is 3.95. The highest BCUT2D eigenvalue weighted by molar-refractivity contribution is 7.07. The summed E-state index contributed by atoms with van der Waals surface area (Å²) in [7, 11) is 1.61. The molecule has 3 aromatic rings.